The zero-order valence-corrected chi connectivity index (χ0v) is 9.79. The molecular formula is C8H9KN2. The molecule has 3 heteroatoms. The normalized spacial score (nSPS) is 13.1. The van der Waals surface area contributed by atoms with Crippen LogP contribution < -0.4 is 57.1 Å². The van der Waals surface area contributed by atoms with E-state index in [0.29, 0.717) is 0 Å². The summed E-state index contributed by atoms with van der Waals surface area (Å²) in [6.07, 6.45) is 7.98. The van der Waals surface area contributed by atoms with Crippen molar-refractivity contribution in [2.75, 3.05) is 5.73 Å². The first-order valence-electron chi connectivity index (χ1n) is 3.43. The minimum Gasteiger partial charge on any atom is -0.407 e. The number of nitrogen functional groups attached to an aromatic ring is 1. The average Bonchev–Trinajstić information content (AvgIpc) is 2.36. The molecule has 2 rings (SSSR count). The standard InChI is InChI=1S/C8H9N2.K/c9-8-5-10-4-6-2-1-3-7(6)8;/h2,4-5H,1,3,9H2;/q-1;+1. The first-order chi connectivity index (χ1) is 4.88. The summed E-state index contributed by atoms with van der Waals surface area (Å²) in [6.45, 7) is 0. The first-order valence-corrected chi connectivity index (χ1v) is 3.43. The molecule has 0 unspecified atom stereocenters. The Kier molecular flexibility index (Phi) is 3.40. The van der Waals surface area contributed by atoms with Crippen LogP contribution in [0.3, 0.4) is 0 Å². The minimum atomic E-state index is 0. The first kappa shape index (κ1) is 9.54. The average molecular weight is 172 g/mol. The SMILES string of the molecule is Nc1cncc2c1CC[CH-]2.[K+]. The molecule has 1 aliphatic carbocycles. The van der Waals surface area contributed by atoms with E-state index in [-0.39, 0.29) is 51.4 Å². The predicted molar refractivity (Wildman–Crippen MR) is 40.4 cm³/mol. The molecule has 0 atom stereocenters. The fourth-order valence-electron chi connectivity index (χ4n) is 1.36. The van der Waals surface area contributed by atoms with E-state index >= 15 is 0 Å². The van der Waals surface area contributed by atoms with Crippen molar-refractivity contribution in [1.29, 1.82) is 0 Å². The van der Waals surface area contributed by atoms with Gasteiger partial charge in [0.1, 0.15) is 0 Å². The second-order valence-electron chi connectivity index (χ2n) is 2.54. The summed E-state index contributed by atoms with van der Waals surface area (Å²) in [6, 6.07) is 0. The molecule has 0 bridgehead atoms. The maximum atomic E-state index is 5.69. The summed E-state index contributed by atoms with van der Waals surface area (Å²) in [5.41, 5.74) is 9.02. The molecule has 52 valence electrons. The Balaban J connectivity index is 0.000000605. The maximum Gasteiger partial charge on any atom is 1.00 e. The van der Waals surface area contributed by atoms with Gasteiger partial charge in [-0.15, -0.1) is 5.56 Å². The van der Waals surface area contributed by atoms with Gasteiger partial charge in [-0.1, -0.05) is 19.0 Å². The van der Waals surface area contributed by atoms with E-state index in [1.54, 1.807) is 6.20 Å². The van der Waals surface area contributed by atoms with Crippen molar-refractivity contribution in [3.63, 3.8) is 0 Å². The molecule has 2 N–H and O–H groups in total. The molecule has 11 heavy (non-hydrogen) atoms. The monoisotopic (exact) mass is 172 g/mol. The number of rotatable bonds is 0. The van der Waals surface area contributed by atoms with Crippen LogP contribution in [0.25, 0.3) is 0 Å². The molecule has 0 radical (unpaired) electrons. The molecule has 2 nitrogen and oxygen atoms in total. The zero-order valence-electron chi connectivity index (χ0n) is 6.67. The van der Waals surface area contributed by atoms with Gasteiger partial charge >= 0.3 is 51.4 Å². The Bertz CT molecular complexity index is 260. The molecule has 0 fully saturated rings. The van der Waals surface area contributed by atoms with Crippen molar-refractivity contribution in [1.82, 2.24) is 4.98 Å². The van der Waals surface area contributed by atoms with E-state index in [0.717, 1.165) is 18.5 Å². The summed E-state index contributed by atoms with van der Waals surface area (Å²) >= 11 is 0. The Hall–Kier alpha value is 0.456. The van der Waals surface area contributed by atoms with Gasteiger partial charge in [-0.2, -0.15) is 12.0 Å². The molecule has 0 aromatic carbocycles. The van der Waals surface area contributed by atoms with Gasteiger partial charge < -0.3 is 10.7 Å². The molecule has 1 aromatic heterocycles. The molecule has 1 aromatic rings. The maximum absolute atomic E-state index is 5.69. The van der Waals surface area contributed by atoms with Crippen molar-refractivity contribution in [3.8, 4) is 0 Å². The van der Waals surface area contributed by atoms with E-state index in [1.807, 2.05) is 6.20 Å². The van der Waals surface area contributed by atoms with Gasteiger partial charge in [0.15, 0.2) is 0 Å². The number of fused-ring (bicyclic) bond motifs is 1. The quantitative estimate of drug-likeness (QED) is 0.369. The van der Waals surface area contributed by atoms with Crippen LogP contribution in [0, 0.1) is 6.42 Å². The van der Waals surface area contributed by atoms with Gasteiger partial charge in [0.2, 0.25) is 0 Å². The fourth-order valence-corrected chi connectivity index (χ4v) is 1.36. The fraction of sp³-hybridized carbons (Fsp3) is 0.250. The van der Waals surface area contributed by atoms with E-state index < -0.39 is 0 Å². The van der Waals surface area contributed by atoms with Crippen molar-refractivity contribution in [3.05, 3.63) is 29.9 Å². The summed E-state index contributed by atoms with van der Waals surface area (Å²) < 4.78 is 0. The molecule has 1 aliphatic rings. The van der Waals surface area contributed by atoms with Gasteiger partial charge in [0.25, 0.3) is 0 Å². The number of hydrogen-bond donors (Lipinski definition) is 1. The smallest absolute Gasteiger partial charge is 0.407 e. The predicted octanol–water partition coefficient (Wildman–Crippen LogP) is -1.83. The van der Waals surface area contributed by atoms with Crippen LogP contribution in [0.2, 0.25) is 0 Å². The number of aromatic nitrogens is 1. The van der Waals surface area contributed by atoms with Gasteiger partial charge in [0, 0.05) is 6.20 Å². The van der Waals surface area contributed by atoms with Crippen LogP contribution in [-0.4, -0.2) is 4.98 Å². The van der Waals surface area contributed by atoms with Gasteiger partial charge in [-0.25, -0.2) is 0 Å². The van der Waals surface area contributed by atoms with Crippen LogP contribution in [0.1, 0.15) is 17.5 Å². The van der Waals surface area contributed by atoms with Crippen LogP contribution in [0.15, 0.2) is 12.4 Å². The Labute approximate surface area is 109 Å². The van der Waals surface area contributed by atoms with Crippen LogP contribution in [0.5, 0.6) is 0 Å². The number of pyridine rings is 1. The summed E-state index contributed by atoms with van der Waals surface area (Å²) in [5.74, 6) is 0. The van der Waals surface area contributed by atoms with Crippen LogP contribution in [-0.2, 0) is 6.42 Å². The van der Waals surface area contributed by atoms with Crippen molar-refractivity contribution in [2.24, 2.45) is 0 Å². The number of nitrogens with zero attached hydrogens (tertiary/aromatic N) is 1. The van der Waals surface area contributed by atoms with Gasteiger partial charge in [-0.05, 0) is 5.69 Å². The van der Waals surface area contributed by atoms with E-state index in [2.05, 4.69) is 11.4 Å². The molecule has 0 aliphatic heterocycles. The molecule has 0 spiro atoms. The van der Waals surface area contributed by atoms with Crippen molar-refractivity contribution in [2.45, 2.75) is 12.8 Å². The minimum absolute atomic E-state index is 0. The zero-order chi connectivity index (χ0) is 6.97. The summed E-state index contributed by atoms with van der Waals surface area (Å²) in [5, 5.41) is 0. The van der Waals surface area contributed by atoms with E-state index in [9.17, 15) is 0 Å². The van der Waals surface area contributed by atoms with E-state index in [1.165, 1.54) is 11.1 Å². The van der Waals surface area contributed by atoms with Crippen LogP contribution in [0.4, 0.5) is 5.69 Å². The molecule has 0 saturated heterocycles. The Morgan fingerprint density at radius 3 is 3.00 bits per heavy atom. The van der Waals surface area contributed by atoms with Gasteiger partial charge in [-0.3, -0.25) is 0 Å². The summed E-state index contributed by atoms with van der Waals surface area (Å²) in [4.78, 5) is 4.00. The molecule has 0 amide bonds. The molecule has 0 saturated carbocycles. The van der Waals surface area contributed by atoms with Crippen molar-refractivity contribution >= 4 is 5.69 Å². The third-order valence-electron chi connectivity index (χ3n) is 1.88. The number of hydrogen-bond acceptors (Lipinski definition) is 2. The van der Waals surface area contributed by atoms with Crippen molar-refractivity contribution < 1.29 is 51.4 Å². The third kappa shape index (κ3) is 1.79. The van der Waals surface area contributed by atoms with E-state index in [4.69, 9.17) is 5.73 Å². The number of anilines is 1. The Morgan fingerprint density at radius 1 is 1.45 bits per heavy atom. The molecule has 1 heterocycles. The largest absolute Gasteiger partial charge is 1.00 e. The summed E-state index contributed by atoms with van der Waals surface area (Å²) in [7, 11) is 0. The third-order valence-corrected chi connectivity index (χ3v) is 1.88. The second-order valence-corrected chi connectivity index (χ2v) is 2.54. The molecular weight excluding hydrogens is 163 g/mol. The topological polar surface area (TPSA) is 38.9 Å². The Morgan fingerprint density at radius 2 is 2.27 bits per heavy atom. The second kappa shape index (κ2) is 3.91. The van der Waals surface area contributed by atoms with Crippen LogP contribution >= 0.6 is 0 Å². The van der Waals surface area contributed by atoms with Gasteiger partial charge in [0.05, 0.1) is 0 Å². The number of nitrogens with two attached hydrogens (primary N) is 1.